The van der Waals surface area contributed by atoms with E-state index in [4.69, 9.17) is 5.26 Å². The van der Waals surface area contributed by atoms with E-state index < -0.39 is 38.8 Å². The van der Waals surface area contributed by atoms with Gasteiger partial charge in [-0.1, -0.05) is 6.07 Å². The van der Waals surface area contributed by atoms with Crippen LogP contribution in [0.2, 0.25) is 0 Å². The minimum absolute atomic E-state index is 0.121. The van der Waals surface area contributed by atoms with Gasteiger partial charge in [0.15, 0.2) is 0 Å². The van der Waals surface area contributed by atoms with E-state index in [1.807, 2.05) is 0 Å². The van der Waals surface area contributed by atoms with Crippen LogP contribution in [0.1, 0.15) is 12.5 Å². The fourth-order valence-corrected chi connectivity index (χ4v) is 2.73. The molecule has 0 radical (unpaired) electrons. The summed E-state index contributed by atoms with van der Waals surface area (Å²) >= 11 is 0. The van der Waals surface area contributed by atoms with Crippen molar-refractivity contribution in [1.82, 2.24) is 4.31 Å². The van der Waals surface area contributed by atoms with Crippen LogP contribution in [0.15, 0.2) is 23.1 Å². The third kappa shape index (κ3) is 3.31. The molecule has 0 aliphatic carbocycles. The molecule has 1 rings (SSSR count). The van der Waals surface area contributed by atoms with Gasteiger partial charge in [-0.15, -0.1) is 0 Å². The van der Waals surface area contributed by atoms with Gasteiger partial charge < -0.3 is 4.74 Å². The maximum absolute atomic E-state index is 13.4. The lowest BCUT2D eigenvalue weighted by atomic mass is 10.2. The highest BCUT2D eigenvalue weighted by Gasteiger charge is 2.27. The highest BCUT2D eigenvalue weighted by molar-refractivity contribution is 7.89. The molecule has 1 aromatic carbocycles. The summed E-state index contributed by atoms with van der Waals surface area (Å²) in [4.78, 5) is 10.8. The Morgan fingerprint density at radius 1 is 1.50 bits per heavy atom. The van der Waals surface area contributed by atoms with Gasteiger partial charge in [-0.2, -0.15) is 9.57 Å². The largest absolute Gasteiger partial charge is 0.465 e. The molecule has 0 atom stereocenters. The van der Waals surface area contributed by atoms with Crippen LogP contribution in [0.3, 0.4) is 0 Å². The molecule has 0 spiro atoms. The number of nitrogens with zero attached hydrogens (tertiary/aromatic N) is 2. The number of ether oxygens (including phenoxy) is 1. The molecular weight excluding hydrogens is 287 g/mol. The zero-order valence-corrected chi connectivity index (χ0v) is 11.8. The number of hydrogen-bond donors (Lipinski definition) is 0. The van der Waals surface area contributed by atoms with E-state index >= 15 is 0 Å². The molecule has 8 heteroatoms. The lowest BCUT2D eigenvalue weighted by Gasteiger charge is -2.17. The van der Waals surface area contributed by atoms with Crippen molar-refractivity contribution in [2.45, 2.75) is 11.8 Å². The van der Waals surface area contributed by atoms with Crippen LogP contribution < -0.4 is 0 Å². The zero-order valence-electron chi connectivity index (χ0n) is 11.0. The molecule has 0 fully saturated rings. The summed E-state index contributed by atoms with van der Waals surface area (Å²) in [6.45, 7) is 1.19. The fraction of sp³-hybridized carbons (Fsp3) is 0.333. The van der Waals surface area contributed by atoms with Crippen LogP contribution >= 0.6 is 0 Å². The fourth-order valence-electron chi connectivity index (χ4n) is 1.47. The Morgan fingerprint density at radius 3 is 2.70 bits per heavy atom. The predicted octanol–water partition coefficient (Wildman–Crippen LogP) is 0.881. The molecule has 0 heterocycles. The topological polar surface area (TPSA) is 87.5 Å². The number of esters is 1. The highest BCUT2D eigenvalue weighted by Crippen LogP contribution is 2.21. The number of likely N-dealkylation sites (N-methyl/N-ethyl adjacent to an activating group) is 1. The lowest BCUT2D eigenvalue weighted by molar-refractivity contribution is -0.143. The number of benzene rings is 1. The Morgan fingerprint density at radius 2 is 2.15 bits per heavy atom. The van der Waals surface area contributed by atoms with Gasteiger partial charge in [-0.25, -0.2) is 12.8 Å². The monoisotopic (exact) mass is 300 g/mol. The molecular formula is C12H13FN2O4S. The molecule has 0 aliphatic rings. The van der Waals surface area contributed by atoms with Crippen LogP contribution in [-0.2, 0) is 19.6 Å². The van der Waals surface area contributed by atoms with Gasteiger partial charge in [0.25, 0.3) is 0 Å². The van der Waals surface area contributed by atoms with E-state index in [9.17, 15) is 17.6 Å². The number of sulfonamides is 1. The maximum atomic E-state index is 13.4. The summed E-state index contributed by atoms with van der Waals surface area (Å²) < 4.78 is 43.2. The molecule has 0 saturated carbocycles. The van der Waals surface area contributed by atoms with Crippen molar-refractivity contribution in [3.8, 4) is 6.07 Å². The molecule has 0 N–H and O–H groups in total. The molecule has 0 saturated heterocycles. The number of rotatable bonds is 5. The van der Waals surface area contributed by atoms with Crippen LogP contribution in [0.4, 0.5) is 4.39 Å². The SMILES string of the molecule is CCOC(=O)CN(C)S(=O)(=O)c1cccc(F)c1C#N. The maximum Gasteiger partial charge on any atom is 0.321 e. The first-order valence-electron chi connectivity index (χ1n) is 5.65. The van der Waals surface area contributed by atoms with Gasteiger partial charge in [-0.05, 0) is 19.1 Å². The number of carbonyl (C=O) groups excluding carboxylic acids is 1. The van der Waals surface area contributed by atoms with Gasteiger partial charge in [0.2, 0.25) is 10.0 Å². The number of hydrogen-bond acceptors (Lipinski definition) is 5. The van der Waals surface area contributed by atoms with Crippen molar-refractivity contribution >= 4 is 16.0 Å². The summed E-state index contributed by atoms with van der Waals surface area (Å²) in [5, 5.41) is 8.85. The second-order valence-corrected chi connectivity index (χ2v) is 5.80. The standard InChI is InChI=1S/C12H13FN2O4S/c1-3-19-12(16)8-15(2)20(17,18)11-6-4-5-10(13)9(11)7-14/h4-6H,3,8H2,1-2H3. The predicted molar refractivity (Wildman–Crippen MR) is 67.6 cm³/mol. The second kappa shape index (κ2) is 6.45. The smallest absolute Gasteiger partial charge is 0.321 e. The molecule has 0 aromatic heterocycles. The molecule has 0 amide bonds. The van der Waals surface area contributed by atoms with Crippen molar-refractivity contribution in [3.63, 3.8) is 0 Å². The Hall–Kier alpha value is -1.98. The summed E-state index contributed by atoms with van der Waals surface area (Å²) in [5.74, 6) is -1.66. The van der Waals surface area contributed by atoms with Crippen LogP contribution in [0.25, 0.3) is 0 Å². The zero-order chi connectivity index (χ0) is 15.3. The first-order valence-corrected chi connectivity index (χ1v) is 7.09. The van der Waals surface area contributed by atoms with Crippen molar-refractivity contribution in [1.29, 1.82) is 5.26 Å². The Labute approximate surface area is 116 Å². The Kier molecular flexibility index (Phi) is 5.19. The van der Waals surface area contributed by atoms with E-state index in [0.29, 0.717) is 4.31 Å². The quantitative estimate of drug-likeness (QED) is 0.753. The van der Waals surface area contributed by atoms with Gasteiger partial charge in [-0.3, -0.25) is 4.79 Å². The Balaban J connectivity index is 3.15. The second-order valence-electron chi connectivity index (χ2n) is 3.79. The Bertz CT molecular complexity index is 652. The number of carbonyl (C=O) groups is 1. The minimum Gasteiger partial charge on any atom is -0.465 e. The van der Waals surface area contributed by atoms with Crippen LogP contribution in [0, 0.1) is 17.1 Å². The number of nitriles is 1. The summed E-state index contributed by atoms with van der Waals surface area (Å²) in [6, 6.07) is 4.79. The third-order valence-electron chi connectivity index (χ3n) is 2.43. The number of halogens is 1. The molecule has 0 aliphatic heterocycles. The normalized spacial score (nSPS) is 11.2. The first kappa shape index (κ1) is 16.1. The van der Waals surface area contributed by atoms with E-state index in [0.717, 1.165) is 19.2 Å². The summed E-state index contributed by atoms with van der Waals surface area (Å²) in [7, 11) is -3.00. The van der Waals surface area contributed by atoms with E-state index in [2.05, 4.69) is 4.74 Å². The van der Waals surface area contributed by atoms with Crippen molar-refractivity contribution < 1.29 is 22.3 Å². The molecule has 108 valence electrons. The van der Waals surface area contributed by atoms with E-state index in [1.165, 1.54) is 12.1 Å². The van der Waals surface area contributed by atoms with E-state index in [1.54, 1.807) is 6.92 Å². The molecule has 6 nitrogen and oxygen atoms in total. The molecule has 20 heavy (non-hydrogen) atoms. The third-order valence-corrected chi connectivity index (χ3v) is 4.28. The minimum atomic E-state index is -4.15. The van der Waals surface area contributed by atoms with Crippen molar-refractivity contribution in [2.24, 2.45) is 0 Å². The highest BCUT2D eigenvalue weighted by atomic mass is 32.2. The average molecular weight is 300 g/mol. The molecule has 0 bridgehead atoms. The van der Waals surface area contributed by atoms with Crippen molar-refractivity contribution in [3.05, 3.63) is 29.6 Å². The summed E-state index contributed by atoms with van der Waals surface area (Å²) in [6.07, 6.45) is 0. The summed E-state index contributed by atoms with van der Waals surface area (Å²) in [5.41, 5.74) is -0.580. The van der Waals surface area contributed by atoms with Gasteiger partial charge in [0.05, 0.1) is 6.61 Å². The van der Waals surface area contributed by atoms with Gasteiger partial charge in [0.1, 0.15) is 28.9 Å². The van der Waals surface area contributed by atoms with E-state index in [-0.39, 0.29) is 6.61 Å². The molecule has 0 unspecified atom stereocenters. The van der Waals surface area contributed by atoms with Gasteiger partial charge >= 0.3 is 5.97 Å². The average Bonchev–Trinajstić information content (AvgIpc) is 2.38. The van der Waals surface area contributed by atoms with Crippen LogP contribution in [-0.4, -0.2) is 38.9 Å². The van der Waals surface area contributed by atoms with Crippen LogP contribution in [0.5, 0.6) is 0 Å². The van der Waals surface area contributed by atoms with Gasteiger partial charge in [0, 0.05) is 7.05 Å². The molecule has 1 aromatic rings. The van der Waals surface area contributed by atoms with Crippen molar-refractivity contribution in [2.75, 3.05) is 20.2 Å². The lowest BCUT2D eigenvalue weighted by Crippen LogP contribution is -2.33. The first-order chi connectivity index (χ1) is 9.34.